The molecule has 0 aliphatic carbocycles. The zero-order valence-corrected chi connectivity index (χ0v) is 20.6. The molecular formula is C25H19N7O2S2. The van der Waals surface area contributed by atoms with Gasteiger partial charge in [0.05, 0.1) is 10.6 Å². The summed E-state index contributed by atoms with van der Waals surface area (Å²) >= 11 is 2.70. The van der Waals surface area contributed by atoms with Gasteiger partial charge in [-0.3, -0.25) is 10.1 Å². The number of carbonyl (C=O) groups is 2. The minimum atomic E-state index is -0.353. The van der Waals surface area contributed by atoms with Crippen LogP contribution in [-0.2, 0) is 0 Å². The molecule has 2 N–H and O–H groups in total. The molecule has 11 heteroatoms. The molecule has 0 saturated heterocycles. The fourth-order valence-electron chi connectivity index (χ4n) is 3.44. The molecule has 5 aromatic rings. The van der Waals surface area contributed by atoms with Crippen molar-refractivity contribution in [3.05, 3.63) is 71.3 Å². The van der Waals surface area contributed by atoms with Gasteiger partial charge in [-0.15, -0.1) is 22.7 Å². The number of pyridine rings is 1. The van der Waals surface area contributed by atoms with Gasteiger partial charge in [0.2, 0.25) is 0 Å². The molecule has 0 aliphatic rings. The van der Waals surface area contributed by atoms with E-state index in [2.05, 4.69) is 25.6 Å². The second-order valence-corrected chi connectivity index (χ2v) is 9.31. The van der Waals surface area contributed by atoms with Gasteiger partial charge in [0, 0.05) is 47.2 Å². The molecule has 0 radical (unpaired) electrons. The second kappa shape index (κ2) is 10.5. The van der Waals surface area contributed by atoms with Crippen LogP contribution in [0.1, 0.15) is 16.6 Å². The van der Waals surface area contributed by atoms with E-state index in [0.717, 1.165) is 28.1 Å². The lowest BCUT2D eigenvalue weighted by molar-refractivity contribution is 0.112. The highest BCUT2D eigenvalue weighted by Gasteiger charge is 2.21. The highest BCUT2D eigenvalue weighted by atomic mass is 32.1. The first-order valence-corrected chi connectivity index (χ1v) is 12.7. The summed E-state index contributed by atoms with van der Waals surface area (Å²) in [6.07, 6.45) is 5.59. The van der Waals surface area contributed by atoms with Crippen molar-refractivity contribution in [3.8, 4) is 43.9 Å². The lowest BCUT2D eigenvalue weighted by Crippen LogP contribution is -2.28. The van der Waals surface area contributed by atoms with E-state index >= 15 is 0 Å². The first-order chi connectivity index (χ1) is 17.7. The van der Waals surface area contributed by atoms with Crippen LogP contribution in [0.4, 0.5) is 10.6 Å². The van der Waals surface area contributed by atoms with Crippen LogP contribution in [0.2, 0.25) is 0 Å². The van der Waals surface area contributed by atoms with E-state index in [1.54, 1.807) is 30.7 Å². The number of thiazole rings is 2. The van der Waals surface area contributed by atoms with Crippen LogP contribution in [0, 0.1) is 0 Å². The number of urea groups is 1. The topological polar surface area (TPSA) is 123 Å². The first-order valence-electron chi connectivity index (χ1n) is 11.0. The quantitative estimate of drug-likeness (QED) is 0.279. The molecule has 4 aromatic heterocycles. The van der Waals surface area contributed by atoms with Crippen molar-refractivity contribution in [2.45, 2.75) is 6.92 Å². The number of nitrogens with one attached hydrogen (secondary N) is 2. The predicted molar refractivity (Wildman–Crippen MR) is 141 cm³/mol. The summed E-state index contributed by atoms with van der Waals surface area (Å²) in [6.45, 7) is 2.32. The maximum absolute atomic E-state index is 12.1. The molecular weight excluding hydrogens is 494 g/mol. The molecule has 0 bridgehead atoms. The Labute approximate surface area is 214 Å². The second-order valence-electron chi connectivity index (χ2n) is 7.43. The highest BCUT2D eigenvalue weighted by Crippen LogP contribution is 2.39. The van der Waals surface area contributed by atoms with Crippen LogP contribution in [0.15, 0.2) is 66.4 Å². The largest absolute Gasteiger partial charge is 0.338 e. The molecule has 1 aromatic carbocycles. The lowest BCUT2D eigenvalue weighted by atomic mass is 10.1. The fourth-order valence-corrected chi connectivity index (χ4v) is 5.20. The zero-order valence-electron chi connectivity index (χ0n) is 19.0. The smallest absolute Gasteiger partial charge is 0.320 e. The van der Waals surface area contributed by atoms with Crippen molar-refractivity contribution in [1.29, 1.82) is 0 Å². The summed E-state index contributed by atoms with van der Waals surface area (Å²) in [7, 11) is 0. The molecule has 0 fully saturated rings. The van der Waals surface area contributed by atoms with Gasteiger partial charge in [-0.2, -0.15) is 0 Å². The Bertz CT molecular complexity index is 1520. The minimum absolute atomic E-state index is 0.353. The Kier molecular flexibility index (Phi) is 6.83. The Morgan fingerprint density at radius 3 is 2.56 bits per heavy atom. The average Bonchev–Trinajstić information content (AvgIpc) is 3.58. The van der Waals surface area contributed by atoms with Crippen LogP contribution < -0.4 is 10.6 Å². The maximum Gasteiger partial charge on any atom is 0.320 e. The number of amides is 2. The van der Waals surface area contributed by atoms with E-state index < -0.39 is 0 Å². The van der Waals surface area contributed by atoms with Gasteiger partial charge in [0.15, 0.2) is 12.1 Å². The molecule has 178 valence electrons. The van der Waals surface area contributed by atoms with Gasteiger partial charge in [-0.05, 0) is 19.1 Å². The predicted octanol–water partition coefficient (Wildman–Crippen LogP) is 5.41. The van der Waals surface area contributed by atoms with Crippen LogP contribution in [0.3, 0.4) is 0 Å². The Morgan fingerprint density at radius 1 is 1.00 bits per heavy atom. The molecule has 9 nitrogen and oxygen atoms in total. The van der Waals surface area contributed by atoms with E-state index in [1.807, 2.05) is 42.6 Å². The molecule has 2 amide bonds. The van der Waals surface area contributed by atoms with Crippen molar-refractivity contribution in [2.24, 2.45) is 0 Å². The molecule has 0 unspecified atom stereocenters. The fraction of sp³-hybridized carbons (Fsp3) is 0.0800. The van der Waals surface area contributed by atoms with E-state index in [9.17, 15) is 9.59 Å². The Hall–Kier alpha value is -4.35. The molecule has 36 heavy (non-hydrogen) atoms. The number of aromatic nitrogens is 5. The molecule has 0 saturated carbocycles. The number of aldehydes is 1. The van der Waals surface area contributed by atoms with Crippen molar-refractivity contribution in [1.82, 2.24) is 30.2 Å². The maximum atomic E-state index is 12.1. The third kappa shape index (κ3) is 4.88. The molecule has 0 spiro atoms. The van der Waals surface area contributed by atoms with E-state index in [0.29, 0.717) is 39.3 Å². The van der Waals surface area contributed by atoms with E-state index in [1.165, 1.54) is 22.7 Å². The average molecular weight is 514 g/mol. The van der Waals surface area contributed by atoms with E-state index in [4.69, 9.17) is 9.97 Å². The van der Waals surface area contributed by atoms with Crippen molar-refractivity contribution in [3.63, 3.8) is 0 Å². The van der Waals surface area contributed by atoms with Crippen LogP contribution in [0.25, 0.3) is 43.9 Å². The number of hydrogen-bond acceptors (Lipinski definition) is 9. The van der Waals surface area contributed by atoms with Gasteiger partial charge >= 0.3 is 6.03 Å². The minimum Gasteiger partial charge on any atom is -0.338 e. The number of carbonyl (C=O) groups excluding carboxylic acids is 2. The van der Waals surface area contributed by atoms with Gasteiger partial charge in [0.1, 0.15) is 21.5 Å². The normalized spacial score (nSPS) is 10.7. The summed E-state index contributed by atoms with van der Waals surface area (Å²) in [5.74, 6) is 0.738. The molecule has 0 aliphatic heterocycles. The Balaban J connectivity index is 1.61. The molecule has 5 rings (SSSR count). The van der Waals surface area contributed by atoms with Gasteiger partial charge in [0.25, 0.3) is 0 Å². The summed E-state index contributed by atoms with van der Waals surface area (Å²) in [6, 6.07) is 13.0. The van der Waals surface area contributed by atoms with E-state index in [-0.39, 0.29) is 6.03 Å². The van der Waals surface area contributed by atoms with Crippen molar-refractivity contribution < 1.29 is 9.59 Å². The zero-order chi connectivity index (χ0) is 24.9. The monoisotopic (exact) mass is 513 g/mol. The standard InChI is InChI=1S/C25H19N7O2S2/c1-2-26-25(34)31-20-11-16(23-30-18(14-35-23)15-7-4-3-5-8-15)17(12-29-20)24-32-21(19(13-33)36-24)22-27-9-6-10-28-22/h3-14H,2H2,1H3,(H2,26,29,31,34). The van der Waals surface area contributed by atoms with Crippen molar-refractivity contribution >= 4 is 40.8 Å². The van der Waals surface area contributed by atoms with Crippen LogP contribution in [0.5, 0.6) is 0 Å². The highest BCUT2D eigenvalue weighted by molar-refractivity contribution is 7.17. The third-order valence-corrected chi connectivity index (χ3v) is 6.95. The molecule has 4 heterocycles. The Morgan fingerprint density at radius 2 is 1.81 bits per heavy atom. The lowest BCUT2D eigenvalue weighted by Gasteiger charge is -2.09. The third-order valence-electron chi connectivity index (χ3n) is 5.06. The first kappa shape index (κ1) is 23.4. The van der Waals surface area contributed by atoms with Gasteiger partial charge < -0.3 is 5.32 Å². The number of anilines is 1. The van der Waals surface area contributed by atoms with Gasteiger partial charge in [-0.25, -0.2) is 29.7 Å². The van der Waals surface area contributed by atoms with Crippen LogP contribution >= 0.6 is 22.7 Å². The summed E-state index contributed by atoms with van der Waals surface area (Å²) in [5.41, 5.74) is 3.65. The molecule has 0 atom stereocenters. The SMILES string of the molecule is CCNC(=O)Nc1cc(-c2nc(-c3ccccc3)cs2)c(-c2nc(-c3ncccn3)c(C=O)s2)cn1. The number of nitrogens with zero attached hydrogens (tertiary/aromatic N) is 5. The van der Waals surface area contributed by atoms with Gasteiger partial charge in [-0.1, -0.05) is 30.3 Å². The summed E-state index contributed by atoms with van der Waals surface area (Å²) < 4.78 is 0. The summed E-state index contributed by atoms with van der Waals surface area (Å²) in [4.78, 5) is 46.8. The number of rotatable bonds is 7. The van der Waals surface area contributed by atoms with Crippen molar-refractivity contribution in [2.75, 3.05) is 11.9 Å². The number of benzene rings is 1. The summed E-state index contributed by atoms with van der Waals surface area (Å²) in [5, 5.41) is 8.72. The van der Waals surface area contributed by atoms with Crippen LogP contribution in [-0.4, -0.2) is 43.8 Å². The number of hydrogen-bond donors (Lipinski definition) is 2.